The predicted octanol–water partition coefficient (Wildman–Crippen LogP) is 3.01. The molecule has 0 aliphatic carbocycles. The quantitative estimate of drug-likeness (QED) is 0.606. The van der Waals surface area contributed by atoms with Crippen LogP contribution >= 0.6 is 12.2 Å². The molecule has 1 amide bonds. The normalized spacial score (nSPS) is 15.7. The molecule has 2 aromatic rings. The second-order valence-corrected chi connectivity index (χ2v) is 6.56. The van der Waals surface area contributed by atoms with E-state index in [4.69, 9.17) is 30.8 Å². The fourth-order valence-electron chi connectivity index (χ4n) is 2.86. The Bertz CT molecular complexity index is 819. The lowest BCUT2D eigenvalue weighted by Crippen LogP contribution is -2.34. The second-order valence-electron chi connectivity index (χ2n) is 6.15. The largest absolute Gasteiger partial charge is 0.494 e. The molecule has 0 bridgehead atoms. The highest BCUT2D eigenvalue weighted by atomic mass is 32.1. The van der Waals surface area contributed by atoms with Crippen LogP contribution < -0.4 is 25.4 Å². The summed E-state index contributed by atoms with van der Waals surface area (Å²) in [4.78, 5) is 12.3. The third-order valence-corrected chi connectivity index (χ3v) is 4.52. The molecule has 3 rings (SSSR count). The van der Waals surface area contributed by atoms with Gasteiger partial charge in [-0.1, -0.05) is 0 Å². The monoisotopic (exact) mass is 405 g/mol. The zero-order chi connectivity index (χ0) is 19.9. The number of amides is 1. The van der Waals surface area contributed by atoms with Gasteiger partial charge < -0.3 is 34.6 Å². The van der Waals surface area contributed by atoms with Crippen LogP contribution in [-0.4, -0.2) is 44.5 Å². The molecular formula is C19H23N3O5S. The molecule has 9 heteroatoms. The molecule has 1 atom stereocenters. The molecule has 1 aliphatic heterocycles. The number of rotatable bonds is 7. The van der Waals surface area contributed by atoms with Crippen molar-refractivity contribution in [2.45, 2.75) is 18.9 Å². The Balaban J connectivity index is 1.70. The smallest absolute Gasteiger partial charge is 0.291 e. The first-order chi connectivity index (χ1) is 13.6. The van der Waals surface area contributed by atoms with E-state index in [2.05, 4.69) is 16.0 Å². The van der Waals surface area contributed by atoms with Crippen LogP contribution in [0.3, 0.4) is 0 Å². The molecule has 2 heterocycles. The molecule has 1 fully saturated rings. The number of thiocarbonyl (C=S) groups is 1. The Kier molecular flexibility index (Phi) is 6.72. The molecule has 1 aromatic heterocycles. The van der Waals surface area contributed by atoms with Gasteiger partial charge >= 0.3 is 0 Å². The SMILES string of the molecule is COc1cc(NC(=S)NCC2CCCO2)c(OC)cc1NC(=O)c1ccco1. The van der Waals surface area contributed by atoms with Gasteiger partial charge in [-0.15, -0.1) is 0 Å². The summed E-state index contributed by atoms with van der Waals surface area (Å²) in [5.41, 5.74) is 1.06. The maximum atomic E-state index is 12.3. The first kappa shape index (κ1) is 20.0. The predicted molar refractivity (Wildman–Crippen MR) is 109 cm³/mol. The summed E-state index contributed by atoms with van der Waals surface area (Å²) in [5, 5.41) is 9.44. The molecule has 150 valence electrons. The van der Waals surface area contributed by atoms with Crippen LogP contribution in [0.25, 0.3) is 0 Å². The van der Waals surface area contributed by atoms with Crippen LogP contribution in [0.15, 0.2) is 34.9 Å². The summed E-state index contributed by atoms with van der Waals surface area (Å²) in [6.45, 7) is 1.44. The van der Waals surface area contributed by atoms with Crippen molar-refractivity contribution in [3.63, 3.8) is 0 Å². The Morgan fingerprint density at radius 2 is 1.93 bits per heavy atom. The second kappa shape index (κ2) is 9.43. The van der Waals surface area contributed by atoms with Crippen LogP contribution in [0.1, 0.15) is 23.4 Å². The van der Waals surface area contributed by atoms with E-state index in [1.54, 1.807) is 24.3 Å². The van der Waals surface area contributed by atoms with Crippen LogP contribution in [-0.2, 0) is 4.74 Å². The Morgan fingerprint density at radius 3 is 2.50 bits per heavy atom. The highest BCUT2D eigenvalue weighted by Crippen LogP contribution is 2.36. The van der Waals surface area contributed by atoms with Gasteiger partial charge in [0.05, 0.1) is 38.0 Å². The van der Waals surface area contributed by atoms with Gasteiger partial charge in [-0.3, -0.25) is 4.79 Å². The number of ether oxygens (including phenoxy) is 3. The summed E-state index contributed by atoms with van der Waals surface area (Å²) in [6.07, 6.45) is 3.71. The number of benzene rings is 1. The summed E-state index contributed by atoms with van der Waals surface area (Å²) >= 11 is 5.36. The van der Waals surface area contributed by atoms with Crippen molar-refractivity contribution in [3.05, 3.63) is 36.3 Å². The van der Waals surface area contributed by atoms with Gasteiger partial charge in [-0.2, -0.15) is 0 Å². The molecule has 1 aromatic carbocycles. The van der Waals surface area contributed by atoms with Gasteiger partial charge in [0, 0.05) is 25.3 Å². The lowest BCUT2D eigenvalue weighted by Gasteiger charge is -2.18. The molecule has 8 nitrogen and oxygen atoms in total. The minimum atomic E-state index is -0.389. The van der Waals surface area contributed by atoms with Crippen molar-refractivity contribution < 1.29 is 23.4 Å². The van der Waals surface area contributed by atoms with Crippen molar-refractivity contribution in [2.75, 3.05) is 38.0 Å². The number of furan rings is 1. The van der Waals surface area contributed by atoms with Crippen LogP contribution in [0.2, 0.25) is 0 Å². The number of hydrogen-bond acceptors (Lipinski definition) is 6. The highest BCUT2D eigenvalue weighted by Gasteiger charge is 2.18. The van der Waals surface area contributed by atoms with Crippen LogP contribution in [0.5, 0.6) is 11.5 Å². The van der Waals surface area contributed by atoms with Crippen molar-refractivity contribution in [2.24, 2.45) is 0 Å². The Labute approximate surface area is 168 Å². The molecule has 1 saturated heterocycles. The molecular weight excluding hydrogens is 382 g/mol. The van der Waals surface area contributed by atoms with E-state index in [1.807, 2.05) is 0 Å². The number of carbonyl (C=O) groups is 1. The molecule has 0 spiro atoms. The molecule has 1 aliphatic rings. The van der Waals surface area contributed by atoms with E-state index in [-0.39, 0.29) is 17.8 Å². The number of methoxy groups -OCH3 is 2. The number of carbonyl (C=O) groups excluding carboxylic acids is 1. The molecule has 0 saturated carbocycles. The van der Waals surface area contributed by atoms with E-state index in [0.717, 1.165) is 19.4 Å². The maximum Gasteiger partial charge on any atom is 0.291 e. The molecule has 0 radical (unpaired) electrons. The highest BCUT2D eigenvalue weighted by molar-refractivity contribution is 7.80. The van der Waals surface area contributed by atoms with E-state index < -0.39 is 0 Å². The van der Waals surface area contributed by atoms with Crippen molar-refractivity contribution in [3.8, 4) is 11.5 Å². The number of nitrogens with one attached hydrogen (secondary N) is 3. The standard InChI is InChI=1S/C19H23N3O5S/c1-24-16-10-14(22-19(28)20-11-12-5-3-7-26-12)17(25-2)9-13(16)21-18(23)15-6-4-8-27-15/h4,6,8-10,12H,3,5,7,11H2,1-2H3,(H,21,23)(H2,20,22,28). The van der Waals surface area contributed by atoms with Gasteiger partial charge in [0.15, 0.2) is 10.9 Å². The van der Waals surface area contributed by atoms with Gasteiger partial charge in [-0.25, -0.2) is 0 Å². The summed E-state index contributed by atoms with van der Waals surface area (Å²) in [5.74, 6) is 0.754. The van der Waals surface area contributed by atoms with Crippen molar-refractivity contribution in [1.29, 1.82) is 0 Å². The first-order valence-electron chi connectivity index (χ1n) is 8.88. The average Bonchev–Trinajstić information content (AvgIpc) is 3.41. The van der Waals surface area contributed by atoms with Gasteiger partial charge in [0.1, 0.15) is 11.5 Å². The van der Waals surface area contributed by atoms with E-state index in [1.165, 1.54) is 20.5 Å². The zero-order valence-electron chi connectivity index (χ0n) is 15.7. The molecule has 3 N–H and O–H groups in total. The topological polar surface area (TPSA) is 94.0 Å². The van der Waals surface area contributed by atoms with E-state index >= 15 is 0 Å². The molecule has 28 heavy (non-hydrogen) atoms. The van der Waals surface area contributed by atoms with Gasteiger partial charge in [-0.05, 0) is 37.2 Å². The third-order valence-electron chi connectivity index (χ3n) is 4.28. The fraction of sp³-hybridized carbons (Fsp3) is 0.368. The summed E-state index contributed by atoms with van der Waals surface area (Å²) in [7, 11) is 3.05. The average molecular weight is 405 g/mol. The van der Waals surface area contributed by atoms with Crippen molar-refractivity contribution >= 4 is 34.6 Å². The van der Waals surface area contributed by atoms with Gasteiger partial charge in [0.2, 0.25) is 0 Å². The summed E-state index contributed by atoms with van der Waals surface area (Å²) < 4.78 is 21.5. The first-order valence-corrected chi connectivity index (χ1v) is 9.29. The molecule has 1 unspecified atom stereocenters. The van der Waals surface area contributed by atoms with Crippen LogP contribution in [0.4, 0.5) is 11.4 Å². The summed E-state index contributed by atoms with van der Waals surface area (Å²) in [6, 6.07) is 6.58. The third kappa shape index (κ3) is 4.93. The fourth-order valence-corrected chi connectivity index (χ4v) is 3.06. The van der Waals surface area contributed by atoms with E-state index in [0.29, 0.717) is 34.5 Å². The lowest BCUT2D eigenvalue weighted by molar-refractivity contribution is 0.0996. The Morgan fingerprint density at radius 1 is 1.21 bits per heavy atom. The number of anilines is 2. The minimum absolute atomic E-state index is 0.176. The van der Waals surface area contributed by atoms with Crippen LogP contribution in [0, 0.1) is 0 Å². The zero-order valence-corrected chi connectivity index (χ0v) is 16.6. The van der Waals surface area contributed by atoms with Crippen molar-refractivity contribution in [1.82, 2.24) is 5.32 Å². The lowest BCUT2D eigenvalue weighted by atomic mass is 10.2. The number of hydrogen-bond donors (Lipinski definition) is 3. The Hall–Kier alpha value is -2.78. The maximum absolute atomic E-state index is 12.3. The van der Waals surface area contributed by atoms with E-state index in [9.17, 15) is 4.79 Å². The van der Waals surface area contributed by atoms with Gasteiger partial charge in [0.25, 0.3) is 5.91 Å². The minimum Gasteiger partial charge on any atom is -0.494 e.